The minimum atomic E-state index is -3.24. The molecule has 0 saturated carbocycles. The van der Waals surface area contributed by atoms with Crippen LogP contribution in [0.15, 0.2) is 53.4 Å². The largest absolute Gasteiger partial charge is 0.349 e. The Morgan fingerprint density at radius 2 is 1.67 bits per heavy atom. The maximum atomic E-state index is 12.9. The van der Waals surface area contributed by atoms with Crippen LogP contribution in [0.3, 0.4) is 0 Å². The number of rotatable bonds is 6. The van der Waals surface area contributed by atoms with Crippen molar-refractivity contribution in [3.63, 3.8) is 0 Å². The molecule has 4 nitrogen and oxygen atoms in total. The zero-order valence-electron chi connectivity index (χ0n) is 13.6. The molecule has 128 valence electrons. The molecule has 2 rings (SSSR count). The van der Waals surface area contributed by atoms with E-state index in [1.165, 1.54) is 12.1 Å². The second-order valence-electron chi connectivity index (χ2n) is 5.67. The minimum Gasteiger partial charge on any atom is -0.349 e. The Balaban J connectivity index is 2.05. The van der Waals surface area contributed by atoms with Gasteiger partial charge in [0.2, 0.25) is 5.91 Å². The molecule has 2 aromatic carbocycles. The van der Waals surface area contributed by atoms with Crippen molar-refractivity contribution >= 4 is 15.7 Å². The lowest BCUT2D eigenvalue weighted by Crippen LogP contribution is -2.29. The van der Waals surface area contributed by atoms with Gasteiger partial charge in [-0.2, -0.15) is 0 Å². The summed E-state index contributed by atoms with van der Waals surface area (Å²) < 4.78 is 35.9. The Hall–Kier alpha value is -2.21. The highest BCUT2D eigenvalue weighted by molar-refractivity contribution is 7.90. The van der Waals surface area contributed by atoms with E-state index >= 15 is 0 Å². The van der Waals surface area contributed by atoms with E-state index in [1.807, 2.05) is 6.92 Å². The predicted molar refractivity (Wildman–Crippen MR) is 90.8 cm³/mol. The van der Waals surface area contributed by atoms with Crippen molar-refractivity contribution in [3.8, 4) is 0 Å². The summed E-state index contributed by atoms with van der Waals surface area (Å²) in [6, 6.07) is 12.1. The van der Waals surface area contributed by atoms with Crippen LogP contribution >= 0.6 is 0 Å². The molecule has 1 unspecified atom stereocenters. The van der Waals surface area contributed by atoms with E-state index in [-0.39, 0.29) is 29.1 Å². The van der Waals surface area contributed by atoms with Gasteiger partial charge in [0.15, 0.2) is 9.84 Å². The Morgan fingerprint density at radius 1 is 1.08 bits per heavy atom. The van der Waals surface area contributed by atoms with Crippen LogP contribution in [0.4, 0.5) is 4.39 Å². The summed E-state index contributed by atoms with van der Waals surface area (Å²) in [6.07, 6.45) is 2.00. The van der Waals surface area contributed by atoms with E-state index < -0.39 is 9.84 Å². The van der Waals surface area contributed by atoms with E-state index in [1.54, 1.807) is 36.4 Å². The van der Waals surface area contributed by atoms with Gasteiger partial charge in [-0.1, -0.05) is 31.2 Å². The second-order valence-corrected chi connectivity index (χ2v) is 7.69. The molecule has 0 fully saturated rings. The number of halogens is 1. The summed E-state index contributed by atoms with van der Waals surface area (Å²) in [7, 11) is -3.24. The molecule has 0 radical (unpaired) electrons. The number of nitrogens with one attached hydrogen (secondary N) is 1. The minimum absolute atomic E-state index is 0.165. The highest BCUT2D eigenvalue weighted by atomic mass is 32.2. The molecule has 0 spiro atoms. The van der Waals surface area contributed by atoms with Gasteiger partial charge in [-0.3, -0.25) is 4.79 Å². The normalized spacial score (nSPS) is 12.6. The Kier molecular flexibility index (Phi) is 5.72. The number of carbonyl (C=O) groups excluding carboxylic acids is 1. The molecular formula is C18H20FNO3S. The van der Waals surface area contributed by atoms with Gasteiger partial charge in [0.25, 0.3) is 0 Å². The molecular weight excluding hydrogens is 329 g/mol. The molecule has 0 bridgehead atoms. The van der Waals surface area contributed by atoms with Gasteiger partial charge in [0.05, 0.1) is 17.4 Å². The standard InChI is InChI=1S/C18H20FNO3S/c1-3-17(14-6-10-16(11-7-14)24(2,22)23)20-18(21)12-13-4-8-15(19)9-5-13/h4-11,17H,3,12H2,1-2H3,(H,20,21). The van der Waals surface area contributed by atoms with Crippen LogP contribution in [0, 0.1) is 5.82 Å². The number of amides is 1. The highest BCUT2D eigenvalue weighted by Crippen LogP contribution is 2.19. The van der Waals surface area contributed by atoms with Crippen LogP contribution < -0.4 is 5.32 Å². The summed E-state index contributed by atoms with van der Waals surface area (Å²) in [5.74, 6) is -0.503. The average molecular weight is 349 g/mol. The van der Waals surface area contributed by atoms with Crippen molar-refractivity contribution in [3.05, 3.63) is 65.5 Å². The molecule has 0 aromatic heterocycles. The molecule has 1 N–H and O–H groups in total. The van der Waals surface area contributed by atoms with Gasteiger partial charge in [-0.15, -0.1) is 0 Å². The first-order valence-electron chi connectivity index (χ1n) is 7.63. The second kappa shape index (κ2) is 7.57. The van der Waals surface area contributed by atoms with Crippen LogP contribution in [0.25, 0.3) is 0 Å². The predicted octanol–water partition coefficient (Wildman–Crippen LogP) is 3.04. The molecule has 0 saturated heterocycles. The molecule has 1 atom stereocenters. The smallest absolute Gasteiger partial charge is 0.224 e. The Labute approximate surface area is 141 Å². The van der Waals surface area contributed by atoms with Gasteiger partial charge in [-0.05, 0) is 41.8 Å². The lowest BCUT2D eigenvalue weighted by molar-refractivity contribution is -0.121. The third kappa shape index (κ3) is 4.89. The third-order valence-corrected chi connectivity index (χ3v) is 4.86. The molecule has 24 heavy (non-hydrogen) atoms. The van der Waals surface area contributed by atoms with Crippen molar-refractivity contribution in [2.75, 3.05) is 6.26 Å². The van der Waals surface area contributed by atoms with Crippen molar-refractivity contribution in [1.82, 2.24) is 5.32 Å². The first-order valence-corrected chi connectivity index (χ1v) is 9.52. The fourth-order valence-electron chi connectivity index (χ4n) is 2.40. The van der Waals surface area contributed by atoms with E-state index in [2.05, 4.69) is 5.32 Å². The van der Waals surface area contributed by atoms with E-state index in [9.17, 15) is 17.6 Å². The van der Waals surface area contributed by atoms with E-state index in [0.29, 0.717) is 6.42 Å². The first-order chi connectivity index (χ1) is 11.3. The average Bonchev–Trinajstić information content (AvgIpc) is 2.54. The zero-order valence-corrected chi connectivity index (χ0v) is 14.4. The highest BCUT2D eigenvalue weighted by Gasteiger charge is 2.14. The third-order valence-electron chi connectivity index (χ3n) is 3.73. The topological polar surface area (TPSA) is 63.2 Å². The monoisotopic (exact) mass is 349 g/mol. The van der Waals surface area contributed by atoms with Crippen molar-refractivity contribution in [1.29, 1.82) is 0 Å². The Morgan fingerprint density at radius 3 is 2.17 bits per heavy atom. The van der Waals surface area contributed by atoms with Crippen molar-refractivity contribution in [2.24, 2.45) is 0 Å². The summed E-state index contributed by atoms with van der Waals surface area (Å²) in [6.45, 7) is 1.94. The lowest BCUT2D eigenvalue weighted by atomic mass is 10.0. The van der Waals surface area contributed by atoms with Crippen LogP contribution in [-0.4, -0.2) is 20.6 Å². The van der Waals surface area contributed by atoms with Gasteiger partial charge in [0.1, 0.15) is 5.82 Å². The number of hydrogen-bond acceptors (Lipinski definition) is 3. The quantitative estimate of drug-likeness (QED) is 0.872. The molecule has 0 aliphatic rings. The Bertz CT molecular complexity index is 799. The molecule has 2 aromatic rings. The van der Waals surface area contributed by atoms with Gasteiger partial charge in [0, 0.05) is 6.26 Å². The zero-order chi connectivity index (χ0) is 17.7. The lowest BCUT2D eigenvalue weighted by Gasteiger charge is -2.18. The number of benzene rings is 2. The number of hydrogen-bond donors (Lipinski definition) is 1. The number of sulfone groups is 1. The summed E-state index contributed by atoms with van der Waals surface area (Å²) in [5, 5.41) is 2.92. The summed E-state index contributed by atoms with van der Waals surface area (Å²) in [5.41, 5.74) is 1.58. The SMILES string of the molecule is CCC(NC(=O)Cc1ccc(F)cc1)c1ccc(S(C)(=O)=O)cc1. The maximum absolute atomic E-state index is 12.9. The maximum Gasteiger partial charge on any atom is 0.224 e. The number of carbonyl (C=O) groups is 1. The molecule has 1 amide bonds. The van der Waals surface area contributed by atoms with E-state index in [4.69, 9.17) is 0 Å². The van der Waals surface area contributed by atoms with Crippen LogP contribution in [0.5, 0.6) is 0 Å². The van der Waals surface area contributed by atoms with Gasteiger partial charge in [-0.25, -0.2) is 12.8 Å². The van der Waals surface area contributed by atoms with Crippen LogP contribution in [0.2, 0.25) is 0 Å². The fourth-order valence-corrected chi connectivity index (χ4v) is 3.03. The van der Waals surface area contributed by atoms with Crippen molar-refractivity contribution in [2.45, 2.75) is 30.7 Å². The summed E-state index contributed by atoms with van der Waals surface area (Å²) >= 11 is 0. The summed E-state index contributed by atoms with van der Waals surface area (Å²) in [4.78, 5) is 12.4. The van der Waals surface area contributed by atoms with E-state index in [0.717, 1.165) is 17.4 Å². The van der Waals surface area contributed by atoms with Gasteiger partial charge >= 0.3 is 0 Å². The first kappa shape index (κ1) is 18.1. The van der Waals surface area contributed by atoms with Gasteiger partial charge < -0.3 is 5.32 Å². The van der Waals surface area contributed by atoms with Crippen LogP contribution in [0.1, 0.15) is 30.5 Å². The molecule has 0 aliphatic heterocycles. The van der Waals surface area contributed by atoms with Crippen LogP contribution in [-0.2, 0) is 21.1 Å². The fraction of sp³-hybridized carbons (Fsp3) is 0.278. The molecule has 0 aliphatic carbocycles. The molecule has 6 heteroatoms. The molecule has 0 heterocycles. The van der Waals surface area contributed by atoms with Crippen molar-refractivity contribution < 1.29 is 17.6 Å².